The molecule has 1 aliphatic rings. The highest BCUT2D eigenvalue weighted by molar-refractivity contribution is 5.92. The molecule has 0 unspecified atom stereocenters. The molecule has 0 aliphatic carbocycles. The van der Waals surface area contributed by atoms with E-state index in [4.69, 9.17) is 0 Å². The van der Waals surface area contributed by atoms with Crippen LogP contribution in [0.4, 0.5) is 13.2 Å². The zero-order valence-electron chi connectivity index (χ0n) is 12.5. The van der Waals surface area contributed by atoms with Gasteiger partial charge in [0.05, 0.1) is 0 Å². The number of hydrogen-bond donors (Lipinski definition) is 1. The Balaban J connectivity index is 1.79. The monoisotopic (exact) mass is 327 g/mol. The van der Waals surface area contributed by atoms with Gasteiger partial charge in [-0.2, -0.15) is 18.3 Å². The molecular weight excluding hydrogens is 311 g/mol. The molecule has 1 atom stereocenters. The molecule has 0 aromatic carbocycles. The van der Waals surface area contributed by atoms with Crippen molar-refractivity contribution >= 4 is 5.91 Å². The largest absolute Gasteiger partial charge is 0.434 e. The van der Waals surface area contributed by atoms with Gasteiger partial charge in [-0.05, 0) is 18.9 Å². The molecule has 2 aromatic rings. The highest BCUT2D eigenvalue weighted by atomic mass is 19.4. The van der Waals surface area contributed by atoms with E-state index in [1.165, 1.54) is 10.8 Å². The summed E-state index contributed by atoms with van der Waals surface area (Å²) in [5, 5.41) is 6.36. The number of likely N-dealkylation sites (tertiary alicyclic amines) is 1. The predicted molar refractivity (Wildman–Crippen MR) is 74.7 cm³/mol. The summed E-state index contributed by atoms with van der Waals surface area (Å²) in [4.78, 5) is 17.7. The fourth-order valence-corrected chi connectivity index (χ4v) is 2.91. The predicted octanol–water partition coefficient (Wildman–Crippen LogP) is 2.18. The van der Waals surface area contributed by atoms with E-state index < -0.39 is 11.9 Å². The number of aryl methyl sites for hydroxylation is 1. The third kappa shape index (κ3) is 3.08. The molecule has 0 saturated carbocycles. The first-order valence-electron chi connectivity index (χ1n) is 7.25. The van der Waals surface area contributed by atoms with Crippen LogP contribution in [-0.2, 0) is 13.2 Å². The van der Waals surface area contributed by atoms with Crippen molar-refractivity contribution in [1.82, 2.24) is 24.6 Å². The van der Waals surface area contributed by atoms with Crippen molar-refractivity contribution in [1.29, 1.82) is 0 Å². The fraction of sp³-hybridized carbons (Fsp3) is 0.500. The van der Waals surface area contributed by atoms with Crippen LogP contribution in [0, 0.1) is 0 Å². The number of aromatic nitrogens is 4. The van der Waals surface area contributed by atoms with Crippen molar-refractivity contribution in [3.8, 4) is 0 Å². The summed E-state index contributed by atoms with van der Waals surface area (Å²) in [5.41, 5.74) is -0.520. The molecule has 1 fully saturated rings. The van der Waals surface area contributed by atoms with Crippen molar-refractivity contribution in [2.24, 2.45) is 7.05 Å². The maximum absolute atomic E-state index is 12.8. The van der Waals surface area contributed by atoms with E-state index in [0.29, 0.717) is 31.0 Å². The van der Waals surface area contributed by atoms with E-state index in [0.717, 1.165) is 12.6 Å². The lowest BCUT2D eigenvalue weighted by molar-refractivity contribution is -0.141. The number of nitrogens with zero attached hydrogens (tertiary/aromatic N) is 4. The summed E-state index contributed by atoms with van der Waals surface area (Å²) in [6, 6.07) is 1.58. The van der Waals surface area contributed by atoms with E-state index in [1.807, 2.05) is 0 Å². The standard InChI is InChI=1S/C14H16F3N5O/c1-21-8-11(14(15,16)17)19-12(21)9-3-2-6-22(7-9)13(23)10-4-5-18-20-10/h4-5,8-9H,2-3,6-7H2,1H3,(H,18,20)/t9-/m0/s1. The number of amides is 1. The Hall–Kier alpha value is -2.32. The quantitative estimate of drug-likeness (QED) is 0.919. The van der Waals surface area contributed by atoms with Gasteiger partial charge in [0.2, 0.25) is 0 Å². The number of halogens is 3. The lowest BCUT2D eigenvalue weighted by atomic mass is 9.97. The van der Waals surface area contributed by atoms with Crippen LogP contribution >= 0.6 is 0 Å². The van der Waals surface area contributed by atoms with Gasteiger partial charge in [0.25, 0.3) is 5.91 Å². The summed E-state index contributed by atoms with van der Waals surface area (Å²) in [6.45, 7) is 0.922. The lowest BCUT2D eigenvalue weighted by Gasteiger charge is -2.32. The van der Waals surface area contributed by atoms with E-state index in [9.17, 15) is 18.0 Å². The van der Waals surface area contributed by atoms with Crippen LogP contribution in [0.1, 0.15) is 40.8 Å². The number of hydrogen-bond acceptors (Lipinski definition) is 3. The van der Waals surface area contributed by atoms with Crippen LogP contribution < -0.4 is 0 Å². The van der Waals surface area contributed by atoms with Crippen molar-refractivity contribution in [2.45, 2.75) is 24.9 Å². The SMILES string of the molecule is Cn1cc(C(F)(F)F)nc1[C@H]1CCCN(C(=O)c2ccn[nH]2)C1. The highest BCUT2D eigenvalue weighted by Crippen LogP contribution is 2.32. The fourth-order valence-electron chi connectivity index (χ4n) is 2.91. The Morgan fingerprint density at radius 2 is 2.22 bits per heavy atom. The van der Waals surface area contributed by atoms with Crippen molar-refractivity contribution in [3.05, 3.63) is 35.7 Å². The first-order chi connectivity index (χ1) is 10.9. The second kappa shape index (κ2) is 5.71. The molecule has 2 aromatic heterocycles. The van der Waals surface area contributed by atoms with Crippen molar-refractivity contribution in [3.63, 3.8) is 0 Å². The maximum Gasteiger partial charge on any atom is 0.434 e. The Labute approximate surface area is 130 Å². The van der Waals surface area contributed by atoms with Crippen molar-refractivity contribution < 1.29 is 18.0 Å². The minimum Gasteiger partial charge on any atom is -0.337 e. The van der Waals surface area contributed by atoms with Gasteiger partial charge in [-0.3, -0.25) is 9.89 Å². The van der Waals surface area contributed by atoms with Crippen molar-refractivity contribution in [2.75, 3.05) is 13.1 Å². The third-order valence-electron chi connectivity index (χ3n) is 4.01. The topological polar surface area (TPSA) is 66.8 Å². The zero-order chi connectivity index (χ0) is 16.6. The highest BCUT2D eigenvalue weighted by Gasteiger charge is 2.36. The summed E-state index contributed by atoms with van der Waals surface area (Å²) in [5.74, 6) is -0.0476. The molecule has 9 heteroatoms. The van der Waals surface area contributed by atoms with Gasteiger partial charge in [-0.1, -0.05) is 0 Å². The summed E-state index contributed by atoms with van der Waals surface area (Å²) in [6.07, 6.45) is -0.558. The van der Waals surface area contributed by atoms with Gasteiger partial charge in [0, 0.05) is 38.4 Å². The Morgan fingerprint density at radius 3 is 2.83 bits per heavy atom. The van der Waals surface area contributed by atoms with Gasteiger partial charge in [0.15, 0.2) is 5.69 Å². The summed E-state index contributed by atoms with van der Waals surface area (Å²) < 4.78 is 39.8. The number of piperidine rings is 1. The van der Waals surface area contributed by atoms with E-state index in [1.54, 1.807) is 18.0 Å². The van der Waals surface area contributed by atoms with E-state index >= 15 is 0 Å². The molecule has 0 bridgehead atoms. The number of nitrogens with one attached hydrogen (secondary N) is 1. The van der Waals surface area contributed by atoms with E-state index in [2.05, 4.69) is 15.2 Å². The zero-order valence-corrected chi connectivity index (χ0v) is 12.5. The van der Waals surface area contributed by atoms with Gasteiger partial charge in [-0.15, -0.1) is 0 Å². The third-order valence-corrected chi connectivity index (χ3v) is 4.01. The first-order valence-corrected chi connectivity index (χ1v) is 7.25. The minimum absolute atomic E-state index is 0.197. The number of alkyl halides is 3. The minimum atomic E-state index is -4.46. The second-order valence-electron chi connectivity index (χ2n) is 5.65. The first kappa shape index (κ1) is 15.6. The second-order valence-corrected chi connectivity index (χ2v) is 5.65. The Kier molecular flexibility index (Phi) is 3.87. The number of imidazole rings is 1. The summed E-state index contributed by atoms with van der Waals surface area (Å²) >= 11 is 0. The summed E-state index contributed by atoms with van der Waals surface area (Å²) in [7, 11) is 1.55. The average Bonchev–Trinajstić information content (AvgIpc) is 3.15. The molecule has 0 spiro atoms. The number of carbonyl (C=O) groups is 1. The number of carbonyl (C=O) groups excluding carboxylic acids is 1. The van der Waals surface area contributed by atoms with Gasteiger partial charge < -0.3 is 9.47 Å². The Morgan fingerprint density at radius 1 is 1.43 bits per heavy atom. The number of aromatic amines is 1. The molecular formula is C14H16F3N5O. The Bertz CT molecular complexity index is 692. The molecule has 1 saturated heterocycles. The van der Waals surface area contributed by atoms with Crippen LogP contribution in [0.25, 0.3) is 0 Å². The maximum atomic E-state index is 12.8. The number of rotatable bonds is 2. The van der Waals surface area contributed by atoms with Gasteiger partial charge in [0.1, 0.15) is 11.5 Å². The lowest BCUT2D eigenvalue weighted by Crippen LogP contribution is -2.39. The molecule has 124 valence electrons. The molecule has 3 heterocycles. The molecule has 1 aliphatic heterocycles. The van der Waals surface area contributed by atoms with Crippen LogP contribution in [0.2, 0.25) is 0 Å². The van der Waals surface area contributed by atoms with E-state index in [-0.39, 0.29) is 11.8 Å². The molecule has 1 N–H and O–H groups in total. The van der Waals surface area contributed by atoms with Crippen LogP contribution in [-0.4, -0.2) is 43.6 Å². The molecule has 3 rings (SSSR count). The van der Waals surface area contributed by atoms with Gasteiger partial charge in [-0.25, -0.2) is 4.98 Å². The number of H-pyrrole nitrogens is 1. The van der Waals surface area contributed by atoms with Gasteiger partial charge >= 0.3 is 6.18 Å². The van der Waals surface area contributed by atoms with Crippen LogP contribution in [0.15, 0.2) is 18.5 Å². The molecule has 23 heavy (non-hydrogen) atoms. The van der Waals surface area contributed by atoms with Crippen LogP contribution in [0.3, 0.4) is 0 Å². The normalized spacial score (nSPS) is 19.1. The average molecular weight is 327 g/mol. The molecule has 0 radical (unpaired) electrons. The molecule has 1 amide bonds. The molecule has 6 nitrogen and oxygen atoms in total. The smallest absolute Gasteiger partial charge is 0.337 e. The van der Waals surface area contributed by atoms with Crippen LogP contribution in [0.5, 0.6) is 0 Å².